The molecule has 0 spiro atoms. The van der Waals surface area contributed by atoms with Crippen LogP contribution in [0.15, 0.2) is 39.7 Å². The molecule has 5 aromatic rings. The van der Waals surface area contributed by atoms with Crippen molar-refractivity contribution in [2.75, 3.05) is 79.1 Å². The highest BCUT2D eigenvalue weighted by atomic mass is 32.3. The molecule has 0 bridgehead atoms. The minimum atomic E-state index is -1.88. The maximum atomic E-state index is 14.9. The number of thiazole rings is 1. The molecule has 4 aromatic heterocycles. The molecule has 0 aliphatic carbocycles. The predicted octanol–water partition coefficient (Wildman–Crippen LogP) is 2.83. The average molecular weight is 631 g/mol. The first-order chi connectivity index (χ1) is 20.7. The summed E-state index contributed by atoms with van der Waals surface area (Å²) in [4.78, 5) is 27.8. The van der Waals surface area contributed by atoms with E-state index in [1.165, 1.54) is 10.8 Å². The second-order valence-electron chi connectivity index (χ2n) is 11.0. The van der Waals surface area contributed by atoms with Gasteiger partial charge in [-0.2, -0.15) is 9.50 Å². The van der Waals surface area contributed by atoms with E-state index in [9.17, 15) is 18.1 Å². The number of halogens is 2. The van der Waals surface area contributed by atoms with Crippen LogP contribution in [0.25, 0.3) is 27.6 Å². The molecular weight excluding hydrogens is 600 g/mol. The number of fused-ring (bicyclic) bond motifs is 3. The normalized spacial score (nSPS) is 18.6. The van der Waals surface area contributed by atoms with Gasteiger partial charge in [-0.05, 0) is 36.0 Å². The van der Waals surface area contributed by atoms with Crippen molar-refractivity contribution < 1.29 is 17.8 Å². The predicted molar refractivity (Wildman–Crippen MR) is 164 cm³/mol. The molecule has 228 valence electrons. The molecule has 2 aliphatic heterocycles. The van der Waals surface area contributed by atoms with Crippen molar-refractivity contribution in [1.82, 2.24) is 29.0 Å². The zero-order valence-electron chi connectivity index (χ0n) is 23.4. The third kappa shape index (κ3) is 5.21. The van der Waals surface area contributed by atoms with Crippen molar-refractivity contribution in [3.8, 4) is 11.6 Å². The van der Waals surface area contributed by atoms with Gasteiger partial charge in [0.15, 0.2) is 17.1 Å². The Bertz CT molecular complexity index is 1850. The maximum Gasteiger partial charge on any atom is 0.309 e. The van der Waals surface area contributed by atoms with Crippen molar-refractivity contribution in [1.29, 1.82) is 0 Å². The van der Waals surface area contributed by atoms with Crippen LogP contribution in [0.2, 0.25) is 0 Å². The quantitative estimate of drug-likeness (QED) is 0.298. The van der Waals surface area contributed by atoms with Crippen LogP contribution in [0.4, 0.5) is 26.1 Å². The molecule has 16 heteroatoms. The first-order valence-corrected chi connectivity index (χ1v) is 17.0. The second-order valence-corrected chi connectivity index (χ2v) is 15.1. The summed E-state index contributed by atoms with van der Waals surface area (Å²) in [5.74, 6) is 0.743. The molecule has 2 N–H and O–H groups in total. The Morgan fingerprint density at radius 3 is 2.37 bits per heavy atom. The van der Waals surface area contributed by atoms with Gasteiger partial charge in [-0.25, -0.2) is 13.8 Å². The lowest BCUT2D eigenvalue weighted by molar-refractivity contribution is 0.248. The topological polar surface area (TPSA) is 137 Å². The monoisotopic (exact) mass is 630 g/mol. The first-order valence-electron chi connectivity index (χ1n) is 13.9. The first kappa shape index (κ1) is 28.1. The van der Waals surface area contributed by atoms with Gasteiger partial charge in [-0.3, -0.25) is 14.3 Å². The second kappa shape index (κ2) is 10.8. The van der Waals surface area contributed by atoms with Crippen molar-refractivity contribution in [2.45, 2.75) is 6.54 Å². The Morgan fingerprint density at radius 2 is 1.70 bits per heavy atom. The van der Waals surface area contributed by atoms with E-state index in [0.717, 1.165) is 17.4 Å². The molecule has 43 heavy (non-hydrogen) atoms. The number of rotatable bonds is 6. The lowest BCUT2D eigenvalue weighted by atomic mass is 10.2. The van der Waals surface area contributed by atoms with Crippen molar-refractivity contribution in [2.24, 2.45) is 0 Å². The fourth-order valence-electron chi connectivity index (χ4n) is 5.66. The molecule has 6 heterocycles. The molecule has 2 fully saturated rings. The number of nitrogens with zero attached hydrogens (tertiary/aromatic N) is 8. The van der Waals surface area contributed by atoms with Gasteiger partial charge in [-0.15, -0.1) is 5.10 Å². The van der Waals surface area contributed by atoms with Crippen LogP contribution in [0.3, 0.4) is 0 Å². The van der Waals surface area contributed by atoms with E-state index in [1.54, 1.807) is 29.0 Å². The highest BCUT2D eigenvalue weighted by Crippen LogP contribution is 2.42. The average Bonchev–Trinajstić information content (AvgIpc) is 3.72. The Morgan fingerprint density at radius 1 is 1.00 bits per heavy atom. The molecule has 7 rings (SSSR count). The fourth-order valence-corrected chi connectivity index (χ4v) is 8.01. The summed E-state index contributed by atoms with van der Waals surface area (Å²) in [5, 5.41) is 4.39. The summed E-state index contributed by atoms with van der Waals surface area (Å²) >= 11 is 1.04. The van der Waals surface area contributed by atoms with Gasteiger partial charge in [0.25, 0.3) is 0 Å². The van der Waals surface area contributed by atoms with Gasteiger partial charge >= 0.3 is 4.87 Å². The maximum absolute atomic E-state index is 14.9. The minimum Gasteiger partial charge on any atom is -0.812 e. The number of furan rings is 1. The third-order valence-corrected chi connectivity index (χ3v) is 11.2. The standard InChI is InChI=1S/C27H31F2N9O3S2/c1-43(40)13-10-36(11-14-43)20-16-19(17(28)15-18(20)29)35-7-4-34(5-8-35)6-9-37-24-22(42-27(37)39)25-31-23(21-3-2-12-41-21)33-38(25)26(30)32-24/h2-3,12,15-16,40H,4-11,13-14H2,1H3,(H2,30,32)/p-1. The fraction of sp³-hybridized carbons (Fsp3) is 0.407. The molecule has 0 atom stereocenters. The van der Waals surface area contributed by atoms with Crippen molar-refractivity contribution in [3.05, 3.63) is 51.8 Å². The Balaban J connectivity index is 1.04. The van der Waals surface area contributed by atoms with Crippen LogP contribution >= 0.6 is 21.6 Å². The van der Waals surface area contributed by atoms with E-state index in [4.69, 9.17) is 10.2 Å². The zero-order valence-corrected chi connectivity index (χ0v) is 25.0. The number of benzene rings is 1. The number of piperazine rings is 1. The summed E-state index contributed by atoms with van der Waals surface area (Å²) in [5.41, 5.74) is 7.80. The number of anilines is 3. The molecule has 12 nitrogen and oxygen atoms in total. The Kier molecular flexibility index (Phi) is 7.03. The van der Waals surface area contributed by atoms with Crippen LogP contribution in [-0.4, -0.2) is 97.2 Å². The van der Waals surface area contributed by atoms with E-state index in [1.807, 2.05) is 9.80 Å². The van der Waals surface area contributed by atoms with Gasteiger partial charge in [0.2, 0.25) is 11.8 Å². The highest BCUT2D eigenvalue weighted by molar-refractivity contribution is 8.28. The minimum absolute atomic E-state index is 0.113. The van der Waals surface area contributed by atoms with Crippen LogP contribution in [0, 0.1) is 11.6 Å². The smallest absolute Gasteiger partial charge is 0.309 e. The van der Waals surface area contributed by atoms with E-state index in [2.05, 4.69) is 20.0 Å². The Labute approximate surface area is 250 Å². The summed E-state index contributed by atoms with van der Waals surface area (Å²) in [6.07, 6.45) is 3.29. The highest BCUT2D eigenvalue weighted by Gasteiger charge is 2.26. The van der Waals surface area contributed by atoms with Gasteiger partial charge in [0, 0.05) is 58.4 Å². The number of nitrogens with two attached hydrogens (primary N) is 1. The van der Waals surface area contributed by atoms with E-state index >= 15 is 0 Å². The van der Waals surface area contributed by atoms with Gasteiger partial charge in [0.1, 0.15) is 16.3 Å². The summed E-state index contributed by atoms with van der Waals surface area (Å²) in [6.45, 7) is 4.31. The Hall–Kier alpha value is -3.73. The number of hydrogen-bond acceptors (Lipinski definition) is 11. The SMILES string of the molecule is CS1([O-])CCN(c2cc(N3CCN(CCn4c(=O)sc5c4nc(N)n4nc(-c6ccco6)nc54)CC3)c(F)cc2F)CC1. The molecule has 1 aromatic carbocycles. The molecule has 2 aliphatic rings. The lowest BCUT2D eigenvalue weighted by Crippen LogP contribution is -2.48. The van der Waals surface area contributed by atoms with Crippen LogP contribution in [-0.2, 0) is 6.54 Å². The molecule has 2 saturated heterocycles. The van der Waals surface area contributed by atoms with Crippen molar-refractivity contribution in [3.63, 3.8) is 0 Å². The number of nitrogen functional groups attached to an aromatic ring is 1. The van der Waals surface area contributed by atoms with Crippen LogP contribution < -0.4 is 20.4 Å². The molecular formula is C27H30F2N9O3S2-. The third-order valence-electron chi connectivity index (χ3n) is 8.15. The van der Waals surface area contributed by atoms with Gasteiger partial charge in [0.05, 0.1) is 17.6 Å². The van der Waals surface area contributed by atoms with E-state index in [-0.39, 0.29) is 10.8 Å². The molecule has 0 radical (unpaired) electrons. The van der Waals surface area contributed by atoms with E-state index < -0.39 is 21.9 Å². The van der Waals surface area contributed by atoms with Gasteiger partial charge < -0.3 is 34.8 Å². The summed E-state index contributed by atoms with van der Waals surface area (Å²) < 4.78 is 51.0. The lowest BCUT2D eigenvalue weighted by Gasteiger charge is -2.50. The van der Waals surface area contributed by atoms with E-state index in [0.29, 0.717) is 103 Å². The number of hydrogen-bond donors (Lipinski definition) is 1. The number of aromatic nitrogens is 5. The summed E-state index contributed by atoms with van der Waals surface area (Å²) in [7, 11) is -1.88. The largest absolute Gasteiger partial charge is 0.812 e. The van der Waals surface area contributed by atoms with Crippen LogP contribution in [0.1, 0.15) is 0 Å². The molecule has 0 unspecified atom stereocenters. The zero-order chi connectivity index (χ0) is 29.9. The summed E-state index contributed by atoms with van der Waals surface area (Å²) in [6, 6.07) is 6.01. The molecule has 0 saturated carbocycles. The molecule has 0 amide bonds. The van der Waals surface area contributed by atoms with Crippen molar-refractivity contribution >= 4 is 55.0 Å². The van der Waals surface area contributed by atoms with Gasteiger partial charge in [-0.1, -0.05) is 11.3 Å². The van der Waals surface area contributed by atoms with Crippen LogP contribution in [0.5, 0.6) is 0 Å².